The van der Waals surface area contributed by atoms with Crippen molar-refractivity contribution in [3.8, 4) is 16.9 Å². The number of fused-ring (bicyclic) bond motifs is 1. The van der Waals surface area contributed by atoms with Gasteiger partial charge in [0, 0.05) is 18.3 Å². The molecule has 1 saturated heterocycles. The maximum absolute atomic E-state index is 13.0. The van der Waals surface area contributed by atoms with Crippen LogP contribution >= 0.6 is 0 Å². The third-order valence-corrected chi connectivity index (χ3v) is 7.17. The van der Waals surface area contributed by atoms with Crippen molar-refractivity contribution in [3.63, 3.8) is 0 Å². The van der Waals surface area contributed by atoms with Crippen molar-refractivity contribution in [1.82, 2.24) is 0 Å². The topological polar surface area (TPSA) is 82.1 Å². The zero-order valence-corrected chi connectivity index (χ0v) is 21.3. The first kappa shape index (κ1) is 27.5. The van der Waals surface area contributed by atoms with Gasteiger partial charge in [-0.15, -0.1) is 0 Å². The maximum Gasteiger partial charge on any atom is 0.416 e. The third kappa shape index (κ3) is 6.37. The lowest BCUT2D eigenvalue weighted by Crippen LogP contribution is -2.25. The van der Waals surface area contributed by atoms with Crippen LogP contribution in [0.1, 0.15) is 28.8 Å². The van der Waals surface area contributed by atoms with E-state index in [1.54, 1.807) is 18.2 Å². The van der Waals surface area contributed by atoms with Gasteiger partial charge in [-0.3, -0.25) is 4.79 Å². The van der Waals surface area contributed by atoms with E-state index in [0.717, 1.165) is 23.3 Å². The molecule has 0 bridgehead atoms. The molecule has 1 aliphatic heterocycles. The summed E-state index contributed by atoms with van der Waals surface area (Å²) < 4.78 is 55.4. The standard InChI is InChI=1S/C31H27F3O6/c32-31(33,34)22-7-4-8-24(15-22)38-18-23(35)13-14-25-26-16-29(36)39-28(26)17-27(25)40-30(37)21-11-9-20(10-12-21)19-5-2-1-3-6-19/h1-15,23,25-28,35H,16-18H2/b14-13+/t23-,25-,26-,27-,28+/m1/s1. The van der Waals surface area contributed by atoms with Gasteiger partial charge in [0.25, 0.3) is 0 Å². The van der Waals surface area contributed by atoms with Crippen LogP contribution in [0.3, 0.4) is 0 Å². The van der Waals surface area contributed by atoms with Gasteiger partial charge in [0.2, 0.25) is 0 Å². The number of ether oxygens (including phenoxy) is 3. The van der Waals surface area contributed by atoms with E-state index >= 15 is 0 Å². The van der Waals surface area contributed by atoms with Crippen LogP contribution in [0.25, 0.3) is 11.1 Å². The molecule has 1 aliphatic carbocycles. The fraction of sp³-hybridized carbons (Fsp3) is 0.290. The van der Waals surface area contributed by atoms with Gasteiger partial charge in [-0.1, -0.05) is 60.7 Å². The van der Waals surface area contributed by atoms with Crippen LogP contribution in [0.5, 0.6) is 5.75 Å². The molecule has 40 heavy (non-hydrogen) atoms. The molecule has 0 aromatic heterocycles. The number of carbonyl (C=O) groups is 2. The number of esters is 2. The van der Waals surface area contributed by atoms with E-state index in [2.05, 4.69) is 0 Å². The number of halogens is 3. The fourth-order valence-electron chi connectivity index (χ4n) is 5.18. The Hall–Kier alpha value is -4.11. The summed E-state index contributed by atoms with van der Waals surface area (Å²) in [6, 6.07) is 21.2. The predicted molar refractivity (Wildman–Crippen MR) is 139 cm³/mol. The molecule has 3 aromatic rings. The second kappa shape index (κ2) is 11.6. The van der Waals surface area contributed by atoms with Crippen LogP contribution < -0.4 is 4.74 Å². The van der Waals surface area contributed by atoms with Crippen molar-refractivity contribution in [1.29, 1.82) is 0 Å². The molecule has 0 amide bonds. The largest absolute Gasteiger partial charge is 0.491 e. The number of aliphatic hydroxyl groups is 1. The molecule has 1 saturated carbocycles. The molecule has 2 fully saturated rings. The molecular formula is C31H27F3O6. The number of benzene rings is 3. The highest BCUT2D eigenvalue weighted by Crippen LogP contribution is 2.44. The van der Waals surface area contributed by atoms with E-state index in [0.29, 0.717) is 12.0 Å². The lowest BCUT2D eigenvalue weighted by atomic mass is 9.91. The summed E-state index contributed by atoms with van der Waals surface area (Å²) in [5, 5.41) is 10.4. The summed E-state index contributed by atoms with van der Waals surface area (Å²) in [6.07, 6.45) is -3.03. The van der Waals surface area contributed by atoms with Crippen molar-refractivity contribution < 1.29 is 42.1 Å². The lowest BCUT2D eigenvalue weighted by molar-refractivity contribution is -0.142. The summed E-state index contributed by atoms with van der Waals surface area (Å²) in [4.78, 5) is 24.9. The summed E-state index contributed by atoms with van der Waals surface area (Å²) >= 11 is 0. The van der Waals surface area contributed by atoms with E-state index in [9.17, 15) is 27.9 Å². The van der Waals surface area contributed by atoms with Gasteiger partial charge < -0.3 is 19.3 Å². The fourth-order valence-corrected chi connectivity index (χ4v) is 5.18. The Labute approximate surface area is 229 Å². The SMILES string of the molecule is O=C1C[C@@H]2[C@@H](/C=C/[C@@H](O)COc3cccc(C(F)(F)F)c3)[C@H](OC(=O)c3ccc(-c4ccccc4)cc3)C[C@@H]2O1. The summed E-state index contributed by atoms with van der Waals surface area (Å²) in [5.41, 5.74) is 1.51. The summed E-state index contributed by atoms with van der Waals surface area (Å²) in [7, 11) is 0. The molecule has 5 atom stereocenters. The molecule has 2 aliphatic rings. The van der Waals surface area contributed by atoms with E-state index < -0.39 is 41.9 Å². The van der Waals surface area contributed by atoms with E-state index in [1.807, 2.05) is 42.5 Å². The molecule has 1 N–H and O–H groups in total. The van der Waals surface area contributed by atoms with Crippen molar-refractivity contribution in [2.75, 3.05) is 6.61 Å². The van der Waals surface area contributed by atoms with Crippen LogP contribution in [0.15, 0.2) is 91.0 Å². The van der Waals surface area contributed by atoms with Crippen LogP contribution in [0, 0.1) is 11.8 Å². The van der Waals surface area contributed by atoms with Gasteiger partial charge >= 0.3 is 18.1 Å². The number of carbonyl (C=O) groups excluding carboxylic acids is 2. The van der Waals surface area contributed by atoms with Gasteiger partial charge in [0.05, 0.1) is 17.5 Å². The average molecular weight is 553 g/mol. The highest BCUT2D eigenvalue weighted by molar-refractivity contribution is 5.90. The molecule has 0 radical (unpaired) electrons. The van der Waals surface area contributed by atoms with Crippen LogP contribution in [-0.4, -0.2) is 42.0 Å². The lowest BCUT2D eigenvalue weighted by Gasteiger charge is -2.21. The van der Waals surface area contributed by atoms with E-state index in [-0.39, 0.29) is 30.7 Å². The number of aliphatic hydroxyl groups excluding tert-OH is 1. The van der Waals surface area contributed by atoms with Crippen molar-refractivity contribution in [2.45, 2.75) is 37.3 Å². The Morgan fingerprint density at radius 1 is 1.02 bits per heavy atom. The molecule has 9 heteroatoms. The molecule has 0 spiro atoms. The summed E-state index contributed by atoms with van der Waals surface area (Å²) in [5.74, 6) is -1.49. The smallest absolute Gasteiger partial charge is 0.416 e. The molecule has 6 nitrogen and oxygen atoms in total. The maximum atomic E-state index is 13.0. The highest BCUT2D eigenvalue weighted by Gasteiger charge is 2.50. The van der Waals surface area contributed by atoms with Crippen LogP contribution in [0.2, 0.25) is 0 Å². The van der Waals surface area contributed by atoms with Gasteiger partial charge in [0.15, 0.2) is 0 Å². The number of rotatable bonds is 8. The second-order valence-corrected chi connectivity index (χ2v) is 9.89. The quantitative estimate of drug-likeness (QED) is 0.279. The molecular weight excluding hydrogens is 525 g/mol. The van der Waals surface area contributed by atoms with Gasteiger partial charge in [0.1, 0.15) is 30.7 Å². The minimum absolute atomic E-state index is 0.0249. The first-order valence-corrected chi connectivity index (χ1v) is 12.9. The third-order valence-electron chi connectivity index (χ3n) is 7.17. The molecule has 1 heterocycles. The Kier molecular flexibility index (Phi) is 7.93. The van der Waals surface area contributed by atoms with Gasteiger partial charge in [-0.25, -0.2) is 4.79 Å². The van der Waals surface area contributed by atoms with Crippen molar-refractivity contribution >= 4 is 11.9 Å². The first-order chi connectivity index (χ1) is 19.2. The normalized spacial score (nSPS) is 23.1. The van der Waals surface area contributed by atoms with E-state index in [1.165, 1.54) is 18.2 Å². The van der Waals surface area contributed by atoms with Crippen LogP contribution in [0.4, 0.5) is 13.2 Å². The zero-order chi connectivity index (χ0) is 28.3. The monoisotopic (exact) mass is 552 g/mol. The Balaban J connectivity index is 1.23. The van der Waals surface area contributed by atoms with Crippen molar-refractivity contribution in [3.05, 3.63) is 102 Å². The number of hydrogen-bond donors (Lipinski definition) is 1. The second-order valence-electron chi connectivity index (χ2n) is 9.89. The summed E-state index contributed by atoms with van der Waals surface area (Å²) in [6.45, 7) is -0.285. The number of hydrogen-bond acceptors (Lipinski definition) is 6. The Morgan fingerprint density at radius 3 is 2.48 bits per heavy atom. The predicted octanol–water partition coefficient (Wildman–Crippen LogP) is 5.85. The first-order valence-electron chi connectivity index (χ1n) is 12.9. The zero-order valence-electron chi connectivity index (χ0n) is 21.3. The minimum Gasteiger partial charge on any atom is -0.491 e. The number of alkyl halides is 3. The minimum atomic E-state index is -4.51. The Bertz CT molecular complexity index is 1370. The van der Waals surface area contributed by atoms with E-state index in [4.69, 9.17) is 14.2 Å². The van der Waals surface area contributed by atoms with Crippen molar-refractivity contribution in [2.24, 2.45) is 11.8 Å². The molecule has 208 valence electrons. The molecule has 0 unspecified atom stereocenters. The molecule has 5 rings (SSSR count). The van der Waals surface area contributed by atoms with Gasteiger partial charge in [-0.2, -0.15) is 13.2 Å². The average Bonchev–Trinajstić information content (AvgIpc) is 3.46. The Morgan fingerprint density at radius 2 is 1.75 bits per heavy atom. The van der Waals surface area contributed by atoms with Gasteiger partial charge in [-0.05, 0) is 41.5 Å². The molecule has 3 aromatic carbocycles. The van der Waals surface area contributed by atoms with Crippen LogP contribution in [-0.2, 0) is 20.4 Å². The highest BCUT2D eigenvalue weighted by atomic mass is 19.4.